The van der Waals surface area contributed by atoms with Crippen LogP contribution in [-0.2, 0) is 47.9 Å². The molecule has 0 aromatic rings. The number of nitrogens with one attached hydrogen (secondary N) is 5. The van der Waals surface area contributed by atoms with Gasteiger partial charge in [-0.2, -0.15) is 0 Å². The molecule has 0 aliphatic heterocycles. The van der Waals surface area contributed by atoms with Crippen molar-refractivity contribution in [2.75, 3.05) is 0 Å². The van der Waals surface area contributed by atoms with E-state index in [9.17, 15) is 53.1 Å². The van der Waals surface area contributed by atoms with E-state index in [1.54, 1.807) is 41.5 Å². The summed E-state index contributed by atoms with van der Waals surface area (Å²) >= 11 is 0. The van der Waals surface area contributed by atoms with Crippen LogP contribution in [-0.4, -0.2) is 105 Å². The van der Waals surface area contributed by atoms with E-state index in [2.05, 4.69) is 26.6 Å². The summed E-state index contributed by atoms with van der Waals surface area (Å²) in [5.74, 6) is -13.3. The van der Waals surface area contributed by atoms with Crippen molar-refractivity contribution in [2.24, 2.45) is 23.7 Å². The Kier molecular flexibility index (Phi) is 19.9. The zero-order chi connectivity index (χ0) is 39.7. The molecular formula is C33H53N5O13. The van der Waals surface area contributed by atoms with E-state index in [-0.39, 0.29) is 25.2 Å². The van der Waals surface area contributed by atoms with Crippen molar-refractivity contribution in [1.82, 2.24) is 26.6 Å². The molecule has 6 atom stereocenters. The molecule has 0 fully saturated rings. The Morgan fingerprint density at radius 1 is 0.569 bits per heavy atom. The summed E-state index contributed by atoms with van der Waals surface area (Å²) < 4.78 is 0. The van der Waals surface area contributed by atoms with Crippen LogP contribution in [0.25, 0.3) is 0 Å². The quantitative estimate of drug-likeness (QED) is 0.0597. The largest absolute Gasteiger partial charge is 0.481 e. The van der Waals surface area contributed by atoms with Crippen molar-refractivity contribution < 1.29 is 63.3 Å². The van der Waals surface area contributed by atoms with E-state index in [4.69, 9.17) is 10.2 Å². The first kappa shape index (κ1) is 46.1. The Labute approximate surface area is 296 Å². The maximum Gasteiger partial charge on any atom is 0.374 e. The van der Waals surface area contributed by atoms with Crippen molar-refractivity contribution in [3.05, 3.63) is 0 Å². The minimum absolute atomic E-state index is 0.0195. The average molecular weight is 728 g/mol. The summed E-state index contributed by atoms with van der Waals surface area (Å²) in [6, 6.07) is -6.44. The highest BCUT2D eigenvalue weighted by molar-refractivity contribution is 6.35. The first-order chi connectivity index (χ1) is 23.5. The molecule has 0 aromatic carbocycles. The van der Waals surface area contributed by atoms with Crippen LogP contribution in [0.4, 0.5) is 0 Å². The number of carbonyl (C=O) groups excluding carboxylic acids is 7. The number of ketones is 2. The zero-order valence-corrected chi connectivity index (χ0v) is 30.4. The predicted molar refractivity (Wildman–Crippen MR) is 180 cm³/mol. The van der Waals surface area contributed by atoms with Crippen LogP contribution < -0.4 is 26.6 Å². The molecule has 5 amide bonds. The van der Waals surface area contributed by atoms with Gasteiger partial charge in [0.05, 0.1) is 24.4 Å². The van der Waals surface area contributed by atoms with Gasteiger partial charge in [0.15, 0.2) is 5.78 Å². The monoisotopic (exact) mass is 727 g/mol. The fourth-order valence-electron chi connectivity index (χ4n) is 5.00. The smallest absolute Gasteiger partial charge is 0.374 e. The molecule has 51 heavy (non-hydrogen) atoms. The van der Waals surface area contributed by atoms with Crippen LogP contribution in [0, 0.1) is 23.7 Å². The van der Waals surface area contributed by atoms with Gasteiger partial charge in [0.1, 0.15) is 18.1 Å². The highest BCUT2D eigenvalue weighted by Gasteiger charge is 2.36. The van der Waals surface area contributed by atoms with E-state index in [0.717, 1.165) is 6.92 Å². The van der Waals surface area contributed by atoms with Gasteiger partial charge in [0.25, 0.3) is 5.78 Å². The molecule has 0 aliphatic carbocycles. The first-order valence-electron chi connectivity index (χ1n) is 16.7. The number of Topliss-reactive ketones (excluding diaryl/α,β-unsaturated/α-hetero) is 2. The molecule has 0 saturated heterocycles. The summed E-state index contributed by atoms with van der Waals surface area (Å²) in [7, 11) is 0. The van der Waals surface area contributed by atoms with Crippen LogP contribution >= 0.6 is 0 Å². The van der Waals surface area contributed by atoms with E-state index in [0.29, 0.717) is 0 Å². The van der Waals surface area contributed by atoms with Crippen LogP contribution in [0.15, 0.2) is 0 Å². The molecule has 0 heterocycles. The minimum Gasteiger partial charge on any atom is -0.481 e. The van der Waals surface area contributed by atoms with Crippen molar-refractivity contribution in [3.8, 4) is 0 Å². The first-order valence-corrected chi connectivity index (χ1v) is 16.7. The molecule has 0 spiro atoms. The topological polar surface area (TPSA) is 292 Å². The molecule has 0 aromatic heterocycles. The third kappa shape index (κ3) is 17.0. The van der Waals surface area contributed by atoms with Gasteiger partial charge in [-0.05, 0) is 37.0 Å². The lowest BCUT2D eigenvalue weighted by Gasteiger charge is -2.30. The summed E-state index contributed by atoms with van der Waals surface area (Å²) in [5, 5.41) is 39.7. The lowest BCUT2D eigenvalue weighted by atomic mass is 9.92. The second kappa shape index (κ2) is 22.0. The molecule has 0 rings (SSSR count). The van der Waals surface area contributed by atoms with Gasteiger partial charge in [-0.25, -0.2) is 4.79 Å². The Bertz CT molecular complexity index is 1310. The summed E-state index contributed by atoms with van der Waals surface area (Å²) in [5.41, 5.74) is 0. The van der Waals surface area contributed by atoms with Crippen LogP contribution in [0.5, 0.6) is 0 Å². The zero-order valence-electron chi connectivity index (χ0n) is 30.4. The summed E-state index contributed by atoms with van der Waals surface area (Å²) in [6.45, 7) is 12.5. The van der Waals surface area contributed by atoms with Gasteiger partial charge in [0.2, 0.25) is 29.5 Å². The number of rotatable bonds is 24. The molecule has 0 aliphatic rings. The van der Waals surface area contributed by atoms with Crippen LogP contribution in [0.1, 0.15) is 93.9 Å². The SMILES string of the molecule is CC[C@H](NC(=O)[C@H](CC(C)C)NC(=O)[C@@H](NC(=O)[C@@H](NC(=O)C(CC(=O)O)CC(=O)[C@H](CCC(=O)O)NC(C)=O)C(C)C)C(C)C)C(=O)C(=O)O. The predicted octanol–water partition coefficient (Wildman–Crippen LogP) is -0.233. The lowest BCUT2D eigenvalue weighted by Crippen LogP contribution is -2.60. The molecule has 288 valence electrons. The van der Waals surface area contributed by atoms with Gasteiger partial charge in [-0.15, -0.1) is 0 Å². The average Bonchev–Trinajstić information content (AvgIpc) is 3.00. The van der Waals surface area contributed by atoms with Gasteiger partial charge in [-0.1, -0.05) is 48.5 Å². The van der Waals surface area contributed by atoms with E-state index in [1.807, 2.05) is 0 Å². The number of aliphatic carboxylic acids is 3. The summed E-state index contributed by atoms with van der Waals surface area (Å²) in [4.78, 5) is 124. The molecule has 0 radical (unpaired) electrons. The normalized spacial score (nSPS) is 14.6. The highest BCUT2D eigenvalue weighted by Crippen LogP contribution is 2.16. The Hall–Kier alpha value is -4.90. The fourth-order valence-corrected chi connectivity index (χ4v) is 5.00. The number of hydrogen-bond donors (Lipinski definition) is 8. The number of carboxylic acids is 3. The number of amides is 5. The Morgan fingerprint density at radius 3 is 1.47 bits per heavy atom. The number of carbonyl (C=O) groups is 10. The maximum absolute atomic E-state index is 13.5. The summed E-state index contributed by atoms with van der Waals surface area (Å²) in [6.07, 6.45) is -2.23. The highest BCUT2D eigenvalue weighted by atomic mass is 16.4. The van der Waals surface area contributed by atoms with Crippen molar-refractivity contribution in [3.63, 3.8) is 0 Å². The Morgan fingerprint density at radius 2 is 1.06 bits per heavy atom. The van der Waals surface area contributed by atoms with E-state index >= 15 is 0 Å². The molecule has 18 nitrogen and oxygen atoms in total. The van der Waals surface area contributed by atoms with Crippen molar-refractivity contribution >= 4 is 59.0 Å². The van der Waals surface area contributed by atoms with Gasteiger partial charge in [0, 0.05) is 19.8 Å². The molecular weight excluding hydrogens is 674 g/mol. The number of carboxylic acid groups (broad SMARTS) is 3. The third-order valence-electron chi connectivity index (χ3n) is 7.74. The second-order valence-electron chi connectivity index (χ2n) is 13.4. The molecule has 8 N–H and O–H groups in total. The maximum atomic E-state index is 13.5. The van der Waals surface area contributed by atoms with Crippen LogP contribution in [0.3, 0.4) is 0 Å². The number of hydrogen-bond acceptors (Lipinski definition) is 10. The van der Waals surface area contributed by atoms with E-state index < -0.39 is 126 Å². The molecule has 18 heteroatoms. The standard InChI is InChI=1S/C33H53N5O13/c1-9-20(28(45)33(50)51)35-30(47)22(12-15(2)3)36-31(48)26(16(4)5)38-32(49)27(17(6)7)37-29(46)19(14-25(43)44)13-23(40)21(34-18(8)39)10-11-24(41)42/h15-17,19-22,26-27H,9-14H2,1-8H3,(H,34,39)(H,35,47)(H,36,48)(H,37,46)(H,38,49)(H,41,42)(H,43,44)(H,50,51)/t19?,20-,21-,22-,26-,27-/m0/s1. The van der Waals surface area contributed by atoms with Gasteiger partial charge >= 0.3 is 17.9 Å². The molecule has 0 bridgehead atoms. The molecule has 0 saturated carbocycles. The van der Waals surface area contributed by atoms with Crippen molar-refractivity contribution in [1.29, 1.82) is 0 Å². The minimum atomic E-state index is -1.73. The van der Waals surface area contributed by atoms with E-state index in [1.165, 1.54) is 6.92 Å². The van der Waals surface area contributed by atoms with Crippen LogP contribution in [0.2, 0.25) is 0 Å². The van der Waals surface area contributed by atoms with Gasteiger partial charge in [-0.3, -0.25) is 43.2 Å². The lowest BCUT2D eigenvalue weighted by molar-refractivity contribution is -0.150. The Balaban J connectivity index is 6.11. The van der Waals surface area contributed by atoms with Gasteiger partial charge < -0.3 is 41.9 Å². The third-order valence-corrected chi connectivity index (χ3v) is 7.74. The fraction of sp³-hybridized carbons (Fsp3) is 0.697. The second-order valence-corrected chi connectivity index (χ2v) is 13.4. The van der Waals surface area contributed by atoms with Crippen molar-refractivity contribution in [2.45, 2.75) is 124 Å². The molecule has 1 unspecified atom stereocenters.